The number of imidazole rings is 1. The van der Waals surface area contributed by atoms with E-state index in [1.54, 1.807) is 0 Å². The van der Waals surface area contributed by atoms with Crippen molar-refractivity contribution in [1.29, 1.82) is 0 Å². The number of carbonyl (C=O) groups is 1. The van der Waals surface area contributed by atoms with Crippen LogP contribution in [0.25, 0.3) is 0 Å². The SMILES string of the molecule is CS(=O)(=O)CCCNC(=O)n1ccnc1. The van der Waals surface area contributed by atoms with Gasteiger partial charge in [0.15, 0.2) is 0 Å². The van der Waals surface area contributed by atoms with Crippen LogP contribution in [0.4, 0.5) is 4.79 Å². The molecular formula is C8H13N3O3S. The predicted molar refractivity (Wildman–Crippen MR) is 55.4 cm³/mol. The van der Waals surface area contributed by atoms with E-state index >= 15 is 0 Å². The molecule has 0 fully saturated rings. The molecule has 1 heterocycles. The highest BCUT2D eigenvalue weighted by molar-refractivity contribution is 7.90. The van der Waals surface area contributed by atoms with Gasteiger partial charge >= 0.3 is 6.03 Å². The number of nitrogens with one attached hydrogen (secondary N) is 1. The molecule has 84 valence electrons. The van der Waals surface area contributed by atoms with Gasteiger partial charge in [0, 0.05) is 25.2 Å². The van der Waals surface area contributed by atoms with Crippen molar-refractivity contribution in [3.05, 3.63) is 18.7 Å². The third kappa shape index (κ3) is 4.59. The number of sulfone groups is 1. The van der Waals surface area contributed by atoms with Gasteiger partial charge in [-0.05, 0) is 6.42 Å². The standard InChI is InChI=1S/C8H13N3O3S/c1-15(13,14)6-2-3-10-8(12)11-5-4-9-7-11/h4-5,7H,2-3,6H2,1H3,(H,10,12). The summed E-state index contributed by atoms with van der Waals surface area (Å²) in [6.07, 6.45) is 5.98. The van der Waals surface area contributed by atoms with E-state index in [1.807, 2.05) is 0 Å². The summed E-state index contributed by atoms with van der Waals surface area (Å²) >= 11 is 0. The molecule has 0 aliphatic rings. The molecule has 0 aliphatic carbocycles. The van der Waals surface area contributed by atoms with E-state index in [2.05, 4.69) is 10.3 Å². The molecule has 0 spiro atoms. The first-order chi connectivity index (χ1) is 6.99. The number of rotatable bonds is 4. The summed E-state index contributed by atoms with van der Waals surface area (Å²) in [7, 11) is -2.95. The summed E-state index contributed by atoms with van der Waals surface area (Å²) in [6.45, 7) is 0.337. The van der Waals surface area contributed by atoms with Crippen LogP contribution in [-0.4, -0.2) is 42.6 Å². The fourth-order valence-electron chi connectivity index (χ4n) is 1.00. The largest absolute Gasteiger partial charge is 0.337 e. The highest BCUT2D eigenvalue weighted by Gasteiger charge is 2.04. The van der Waals surface area contributed by atoms with E-state index < -0.39 is 9.84 Å². The first-order valence-corrected chi connectivity index (χ1v) is 6.49. The first-order valence-electron chi connectivity index (χ1n) is 4.43. The molecule has 0 saturated carbocycles. The smallest absolute Gasteiger partial charge is 0.326 e. The molecule has 15 heavy (non-hydrogen) atoms. The number of amides is 1. The normalized spacial score (nSPS) is 11.3. The molecule has 0 aromatic carbocycles. The Bertz CT molecular complexity index is 410. The van der Waals surface area contributed by atoms with E-state index in [1.165, 1.54) is 29.5 Å². The summed E-state index contributed by atoms with van der Waals surface area (Å²) < 4.78 is 22.8. The lowest BCUT2D eigenvalue weighted by atomic mass is 10.5. The van der Waals surface area contributed by atoms with Crippen LogP contribution in [0.3, 0.4) is 0 Å². The second kappa shape index (κ2) is 4.92. The summed E-state index contributed by atoms with van der Waals surface area (Å²) in [5.74, 6) is 0.0806. The lowest BCUT2D eigenvalue weighted by Crippen LogP contribution is -2.29. The molecule has 0 bridgehead atoms. The third-order valence-corrected chi connectivity index (χ3v) is 2.74. The number of hydrogen-bond acceptors (Lipinski definition) is 4. The van der Waals surface area contributed by atoms with Crippen molar-refractivity contribution in [2.24, 2.45) is 0 Å². The minimum atomic E-state index is -2.95. The Morgan fingerprint density at radius 3 is 2.80 bits per heavy atom. The minimum Gasteiger partial charge on any atom is -0.337 e. The predicted octanol–water partition coefficient (Wildman–Crippen LogP) is -0.125. The number of hydrogen-bond donors (Lipinski definition) is 1. The summed E-state index contributed by atoms with van der Waals surface area (Å²) in [4.78, 5) is 15.0. The molecule has 0 atom stereocenters. The molecule has 6 nitrogen and oxygen atoms in total. The Balaban J connectivity index is 2.24. The summed E-state index contributed by atoms with van der Waals surface area (Å²) in [6, 6.07) is -0.305. The van der Waals surface area contributed by atoms with Crippen LogP contribution < -0.4 is 5.32 Å². The Kier molecular flexibility index (Phi) is 3.84. The van der Waals surface area contributed by atoms with Gasteiger partial charge in [0.05, 0.1) is 5.75 Å². The minimum absolute atomic E-state index is 0.0806. The molecule has 0 unspecified atom stereocenters. The molecular weight excluding hydrogens is 218 g/mol. The molecule has 0 radical (unpaired) electrons. The van der Waals surface area contributed by atoms with E-state index in [0.29, 0.717) is 13.0 Å². The van der Waals surface area contributed by atoms with Crippen molar-refractivity contribution < 1.29 is 13.2 Å². The maximum Gasteiger partial charge on any atom is 0.326 e. The van der Waals surface area contributed by atoms with Crippen molar-refractivity contribution in [2.45, 2.75) is 6.42 Å². The van der Waals surface area contributed by atoms with E-state index in [4.69, 9.17) is 0 Å². The Labute approximate surface area is 88.2 Å². The zero-order valence-electron chi connectivity index (χ0n) is 8.38. The lowest BCUT2D eigenvalue weighted by Gasteiger charge is -2.03. The van der Waals surface area contributed by atoms with Gasteiger partial charge in [-0.2, -0.15) is 0 Å². The molecule has 1 aromatic heterocycles. The van der Waals surface area contributed by atoms with Crippen molar-refractivity contribution in [2.75, 3.05) is 18.6 Å². The lowest BCUT2D eigenvalue weighted by molar-refractivity contribution is 0.242. The number of nitrogens with zero attached hydrogens (tertiary/aromatic N) is 2. The zero-order valence-corrected chi connectivity index (χ0v) is 9.20. The van der Waals surface area contributed by atoms with Crippen LogP contribution in [0, 0.1) is 0 Å². The topological polar surface area (TPSA) is 81.1 Å². The number of aromatic nitrogens is 2. The zero-order chi connectivity index (χ0) is 11.3. The fraction of sp³-hybridized carbons (Fsp3) is 0.500. The van der Waals surface area contributed by atoms with Crippen LogP contribution in [-0.2, 0) is 9.84 Å². The average molecular weight is 231 g/mol. The van der Waals surface area contributed by atoms with Gasteiger partial charge in [-0.15, -0.1) is 0 Å². The number of carbonyl (C=O) groups excluding carboxylic acids is 1. The van der Waals surface area contributed by atoms with Crippen LogP contribution in [0.2, 0.25) is 0 Å². The van der Waals surface area contributed by atoms with Gasteiger partial charge < -0.3 is 5.32 Å². The van der Waals surface area contributed by atoms with E-state index in [0.717, 1.165) is 0 Å². The Morgan fingerprint density at radius 2 is 2.27 bits per heavy atom. The highest BCUT2D eigenvalue weighted by Crippen LogP contribution is 1.89. The third-order valence-electron chi connectivity index (χ3n) is 1.71. The average Bonchev–Trinajstić information content (AvgIpc) is 2.63. The maximum absolute atomic E-state index is 11.3. The Hall–Kier alpha value is -1.37. The van der Waals surface area contributed by atoms with E-state index in [-0.39, 0.29) is 11.8 Å². The molecule has 7 heteroatoms. The summed E-state index contributed by atoms with van der Waals surface area (Å²) in [5, 5.41) is 2.58. The van der Waals surface area contributed by atoms with Gasteiger partial charge in [-0.1, -0.05) is 0 Å². The second-order valence-corrected chi connectivity index (χ2v) is 5.45. The van der Waals surface area contributed by atoms with Crippen LogP contribution >= 0.6 is 0 Å². The first kappa shape index (κ1) is 11.7. The van der Waals surface area contributed by atoms with Crippen molar-refractivity contribution >= 4 is 15.9 Å². The monoisotopic (exact) mass is 231 g/mol. The maximum atomic E-state index is 11.3. The quantitative estimate of drug-likeness (QED) is 0.732. The highest BCUT2D eigenvalue weighted by atomic mass is 32.2. The van der Waals surface area contributed by atoms with Crippen LogP contribution in [0.5, 0.6) is 0 Å². The molecule has 1 aromatic rings. The van der Waals surface area contributed by atoms with Gasteiger partial charge in [-0.25, -0.2) is 18.2 Å². The molecule has 0 saturated heterocycles. The van der Waals surface area contributed by atoms with Crippen molar-refractivity contribution in [1.82, 2.24) is 14.9 Å². The van der Waals surface area contributed by atoms with Gasteiger partial charge in [0.2, 0.25) is 0 Å². The van der Waals surface area contributed by atoms with Crippen LogP contribution in [0.15, 0.2) is 18.7 Å². The van der Waals surface area contributed by atoms with Gasteiger partial charge in [-0.3, -0.25) is 4.57 Å². The Morgan fingerprint density at radius 1 is 1.53 bits per heavy atom. The van der Waals surface area contributed by atoms with Crippen LogP contribution in [0.1, 0.15) is 6.42 Å². The van der Waals surface area contributed by atoms with Gasteiger partial charge in [0.1, 0.15) is 16.2 Å². The fourth-order valence-corrected chi connectivity index (χ4v) is 1.67. The molecule has 0 aliphatic heterocycles. The van der Waals surface area contributed by atoms with Gasteiger partial charge in [0.25, 0.3) is 0 Å². The van der Waals surface area contributed by atoms with Crippen molar-refractivity contribution in [3.8, 4) is 0 Å². The van der Waals surface area contributed by atoms with E-state index in [9.17, 15) is 13.2 Å². The molecule has 1 amide bonds. The summed E-state index contributed by atoms with van der Waals surface area (Å²) in [5.41, 5.74) is 0. The van der Waals surface area contributed by atoms with Crippen molar-refractivity contribution in [3.63, 3.8) is 0 Å². The molecule has 1 N–H and O–H groups in total. The second-order valence-electron chi connectivity index (χ2n) is 3.19. The molecule has 1 rings (SSSR count).